The van der Waals surface area contributed by atoms with Crippen molar-refractivity contribution in [1.29, 1.82) is 0 Å². The fraction of sp³-hybridized carbons (Fsp3) is 0.409. The van der Waals surface area contributed by atoms with Gasteiger partial charge in [-0.05, 0) is 43.2 Å². The molecule has 0 saturated carbocycles. The normalized spacial score (nSPS) is 19.6. The van der Waals surface area contributed by atoms with Crippen LogP contribution in [0.1, 0.15) is 12.8 Å². The second-order valence-corrected chi connectivity index (χ2v) is 9.41. The summed E-state index contributed by atoms with van der Waals surface area (Å²) >= 11 is 7.70. The summed E-state index contributed by atoms with van der Waals surface area (Å²) in [6, 6.07) is 11.9. The van der Waals surface area contributed by atoms with E-state index in [9.17, 15) is 4.79 Å². The van der Waals surface area contributed by atoms with Crippen LogP contribution in [0.15, 0.2) is 48.8 Å². The van der Waals surface area contributed by atoms with Crippen molar-refractivity contribution in [3.63, 3.8) is 0 Å². The number of anilines is 2. The van der Waals surface area contributed by atoms with Crippen LogP contribution in [0.5, 0.6) is 0 Å². The van der Waals surface area contributed by atoms with Crippen LogP contribution >= 0.6 is 22.9 Å². The van der Waals surface area contributed by atoms with Crippen LogP contribution in [0.2, 0.25) is 5.02 Å². The molecule has 2 aromatic heterocycles. The van der Waals surface area contributed by atoms with Crippen molar-refractivity contribution in [2.24, 2.45) is 5.92 Å². The van der Waals surface area contributed by atoms with Crippen LogP contribution < -0.4 is 9.80 Å². The minimum atomic E-state index is 0.0189. The Bertz CT molecular complexity index is 1030. The number of carbonyl (C=O) groups excluding carboxylic acids is 1. The van der Waals surface area contributed by atoms with E-state index in [-0.39, 0.29) is 11.8 Å². The van der Waals surface area contributed by atoms with E-state index in [1.165, 1.54) is 0 Å². The van der Waals surface area contributed by atoms with Gasteiger partial charge in [-0.25, -0.2) is 0 Å². The van der Waals surface area contributed by atoms with Crippen molar-refractivity contribution >= 4 is 39.7 Å². The molecule has 0 N–H and O–H groups in total. The van der Waals surface area contributed by atoms with Gasteiger partial charge < -0.3 is 14.7 Å². The minimum Gasteiger partial charge on any atom is -0.368 e. The average Bonchev–Trinajstić information content (AvgIpc) is 3.51. The van der Waals surface area contributed by atoms with Gasteiger partial charge in [-0.1, -0.05) is 29.0 Å². The molecule has 0 radical (unpaired) electrons. The second-order valence-electron chi connectivity index (χ2n) is 8.03. The topological polar surface area (TPSA) is 57.5 Å². The lowest BCUT2D eigenvalue weighted by Crippen LogP contribution is -2.52. The molecular weight excluding hydrogens is 432 g/mol. The first-order valence-electron chi connectivity index (χ1n) is 10.7. The van der Waals surface area contributed by atoms with E-state index in [1.54, 1.807) is 11.3 Å². The molecule has 1 amide bonds. The van der Waals surface area contributed by atoms with Gasteiger partial charge in [0.1, 0.15) is 0 Å². The van der Waals surface area contributed by atoms with E-state index >= 15 is 0 Å². The fourth-order valence-electron chi connectivity index (χ4n) is 4.37. The van der Waals surface area contributed by atoms with Crippen LogP contribution in [0.4, 0.5) is 10.8 Å². The zero-order chi connectivity index (χ0) is 21.2. The number of hydrogen-bond acceptors (Lipinski definition) is 6. The summed E-state index contributed by atoms with van der Waals surface area (Å²) in [6.07, 6.45) is 5.87. The maximum atomic E-state index is 13.2. The van der Waals surface area contributed by atoms with Gasteiger partial charge in [-0.15, -0.1) is 10.2 Å². The van der Waals surface area contributed by atoms with Gasteiger partial charge in [0, 0.05) is 62.4 Å². The van der Waals surface area contributed by atoms with E-state index in [0.717, 1.165) is 66.5 Å². The number of amides is 1. The van der Waals surface area contributed by atoms with Gasteiger partial charge in [0.15, 0.2) is 0 Å². The first-order valence-corrected chi connectivity index (χ1v) is 11.9. The lowest BCUT2D eigenvalue weighted by molar-refractivity contribution is -0.136. The summed E-state index contributed by atoms with van der Waals surface area (Å²) in [7, 11) is 0. The molecule has 1 aromatic carbocycles. The standard InChI is InChI=1S/C22H25ClN6OS/c23-18-6-3-7-19(15-18)26-11-13-27(14-12-26)20(30)17-5-4-10-29(16-17)22-25-24-21(31-22)28-8-1-2-9-28/h1-3,6-9,15,17H,4-5,10-14,16H2. The molecule has 5 rings (SSSR count). The van der Waals surface area contributed by atoms with Crippen molar-refractivity contribution in [3.8, 4) is 5.13 Å². The predicted octanol–water partition coefficient (Wildman–Crippen LogP) is 3.55. The first kappa shape index (κ1) is 20.3. The lowest BCUT2D eigenvalue weighted by atomic mass is 9.96. The van der Waals surface area contributed by atoms with E-state index in [0.29, 0.717) is 6.54 Å². The van der Waals surface area contributed by atoms with Crippen LogP contribution in [-0.2, 0) is 4.79 Å². The third kappa shape index (κ3) is 4.41. The Hall–Kier alpha value is -2.58. The molecule has 2 aliphatic heterocycles. The predicted molar refractivity (Wildman–Crippen MR) is 124 cm³/mol. The van der Waals surface area contributed by atoms with Gasteiger partial charge >= 0.3 is 0 Å². The summed E-state index contributed by atoms with van der Waals surface area (Å²) in [5, 5.41) is 11.2. The molecule has 0 bridgehead atoms. The molecule has 2 fully saturated rings. The highest BCUT2D eigenvalue weighted by Crippen LogP contribution is 2.29. The number of aromatic nitrogens is 3. The van der Waals surface area contributed by atoms with Gasteiger partial charge in [0.05, 0.1) is 5.92 Å². The van der Waals surface area contributed by atoms with Crippen molar-refractivity contribution in [3.05, 3.63) is 53.8 Å². The highest BCUT2D eigenvalue weighted by Gasteiger charge is 2.32. The Morgan fingerprint density at radius 1 is 0.968 bits per heavy atom. The molecule has 7 nitrogen and oxygen atoms in total. The van der Waals surface area contributed by atoms with Gasteiger partial charge in [-0.2, -0.15) is 0 Å². The largest absolute Gasteiger partial charge is 0.368 e. The Balaban J connectivity index is 1.19. The van der Waals surface area contributed by atoms with Crippen LogP contribution in [0.3, 0.4) is 0 Å². The Kier molecular flexibility index (Phi) is 5.82. The number of nitrogens with zero attached hydrogens (tertiary/aromatic N) is 6. The highest BCUT2D eigenvalue weighted by molar-refractivity contribution is 7.17. The summed E-state index contributed by atoms with van der Waals surface area (Å²) < 4.78 is 1.97. The molecule has 31 heavy (non-hydrogen) atoms. The monoisotopic (exact) mass is 456 g/mol. The maximum Gasteiger partial charge on any atom is 0.227 e. The Morgan fingerprint density at radius 2 is 1.74 bits per heavy atom. The maximum absolute atomic E-state index is 13.2. The highest BCUT2D eigenvalue weighted by atomic mass is 35.5. The van der Waals surface area contributed by atoms with Gasteiger partial charge in [0.25, 0.3) is 0 Å². The van der Waals surface area contributed by atoms with Crippen LogP contribution in [-0.4, -0.2) is 64.8 Å². The lowest BCUT2D eigenvalue weighted by Gasteiger charge is -2.39. The molecule has 1 unspecified atom stereocenters. The van der Waals surface area contributed by atoms with Crippen molar-refractivity contribution in [2.75, 3.05) is 49.1 Å². The summed E-state index contributed by atoms with van der Waals surface area (Å²) in [4.78, 5) is 19.8. The van der Waals surface area contributed by atoms with E-state index in [2.05, 4.69) is 26.1 Å². The smallest absolute Gasteiger partial charge is 0.227 e. The molecule has 1 atom stereocenters. The molecule has 3 aromatic rings. The number of carbonyl (C=O) groups is 1. The van der Waals surface area contributed by atoms with Crippen LogP contribution in [0.25, 0.3) is 5.13 Å². The third-order valence-corrected chi connectivity index (χ3v) is 7.27. The number of benzene rings is 1. The molecule has 4 heterocycles. The summed E-state index contributed by atoms with van der Waals surface area (Å²) in [5.41, 5.74) is 1.12. The number of piperidine rings is 1. The minimum absolute atomic E-state index is 0.0189. The quantitative estimate of drug-likeness (QED) is 0.601. The van der Waals surface area contributed by atoms with Crippen molar-refractivity contribution in [1.82, 2.24) is 19.7 Å². The van der Waals surface area contributed by atoms with Crippen molar-refractivity contribution < 1.29 is 4.79 Å². The Morgan fingerprint density at radius 3 is 2.52 bits per heavy atom. The van der Waals surface area contributed by atoms with Gasteiger partial charge in [-0.3, -0.25) is 9.36 Å². The number of hydrogen-bond donors (Lipinski definition) is 0. The third-order valence-electron chi connectivity index (χ3n) is 6.03. The number of halogens is 1. The SMILES string of the molecule is O=C(C1CCCN(c2nnc(-n3cccc3)s2)C1)N1CCN(c2cccc(Cl)c2)CC1. The molecule has 9 heteroatoms. The van der Waals surface area contributed by atoms with Gasteiger partial charge in [0.2, 0.25) is 16.2 Å². The average molecular weight is 457 g/mol. The molecule has 162 valence electrons. The Labute approximate surface area is 190 Å². The number of piperazine rings is 1. The van der Waals surface area contributed by atoms with E-state index in [1.807, 2.05) is 52.2 Å². The molecule has 0 aliphatic carbocycles. The zero-order valence-corrected chi connectivity index (χ0v) is 18.8. The van der Waals surface area contributed by atoms with E-state index < -0.39 is 0 Å². The van der Waals surface area contributed by atoms with Crippen molar-refractivity contribution in [2.45, 2.75) is 12.8 Å². The first-order chi connectivity index (χ1) is 15.2. The number of rotatable bonds is 4. The second kappa shape index (κ2) is 8.88. The molecule has 0 spiro atoms. The summed E-state index contributed by atoms with van der Waals surface area (Å²) in [6.45, 7) is 4.80. The summed E-state index contributed by atoms with van der Waals surface area (Å²) in [5.74, 6) is 0.288. The zero-order valence-electron chi connectivity index (χ0n) is 17.2. The molecule has 2 saturated heterocycles. The molecular formula is C22H25ClN6OS. The fourth-order valence-corrected chi connectivity index (χ4v) is 5.40. The van der Waals surface area contributed by atoms with Crippen LogP contribution in [0, 0.1) is 5.92 Å². The van der Waals surface area contributed by atoms with E-state index in [4.69, 9.17) is 11.6 Å². The molecule has 2 aliphatic rings.